The van der Waals surface area contributed by atoms with E-state index in [4.69, 9.17) is 14.2 Å². The number of likely N-dealkylation sites (tertiary alicyclic amines) is 1. The van der Waals surface area contributed by atoms with Gasteiger partial charge in [0.25, 0.3) is 0 Å². The van der Waals surface area contributed by atoms with Crippen LogP contribution in [-0.4, -0.2) is 65.6 Å². The van der Waals surface area contributed by atoms with E-state index in [0.717, 1.165) is 42.6 Å². The van der Waals surface area contributed by atoms with Gasteiger partial charge in [-0.2, -0.15) is 4.80 Å². The van der Waals surface area contributed by atoms with E-state index in [9.17, 15) is 0 Å². The summed E-state index contributed by atoms with van der Waals surface area (Å²) in [6.07, 6.45) is 2.35. The Kier molecular flexibility index (Phi) is 7.50. The number of benzene rings is 1. The highest BCUT2D eigenvalue weighted by molar-refractivity contribution is 7.13. The van der Waals surface area contributed by atoms with Crippen LogP contribution in [0.1, 0.15) is 18.4 Å². The maximum absolute atomic E-state index is 5.84. The molecule has 0 saturated carbocycles. The molecule has 166 valence electrons. The molecule has 0 amide bonds. The topological polar surface area (TPSA) is 74.5 Å². The number of hydrogen-bond acceptors (Lipinski definition) is 8. The molecule has 1 aliphatic rings. The van der Waals surface area contributed by atoms with E-state index < -0.39 is 0 Å². The molecule has 0 spiro atoms. The number of methoxy groups -OCH3 is 2. The number of thiophene rings is 1. The van der Waals surface area contributed by atoms with Crippen LogP contribution in [0.5, 0.6) is 11.5 Å². The Morgan fingerprint density at radius 2 is 2.10 bits per heavy atom. The molecule has 1 aromatic carbocycles. The van der Waals surface area contributed by atoms with Crippen molar-refractivity contribution < 1.29 is 14.2 Å². The van der Waals surface area contributed by atoms with Gasteiger partial charge >= 0.3 is 0 Å². The number of ether oxygens (including phenoxy) is 3. The first-order valence-corrected chi connectivity index (χ1v) is 11.5. The highest BCUT2D eigenvalue weighted by Gasteiger charge is 2.22. The molecule has 0 radical (unpaired) electrons. The van der Waals surface area contributed by atoms with Gasteiger partial charge in [-0.3, -0.25) is 4.90 Å². The summed E-state index contributed by atoms with van der Waals surface area (Å²) in [5.41, 5.74) is 1.22. The highest BCUT2D eigenvalue weighted by atomic mass is 32.1. The molecule has 8 nitrogen and oxygen atoms in total. The van der Waals surface area contributed by atoms with Gasteiger partial charge in [-0.15, -0.1) is 21.5 Å². The van der Waals surface area contributed by atoms with Crippen molar-refractivity contribution in [2.75, 3.05) is 40.5 Å². The minimum absolute atomic E-state index is 0.500. The van der Waals surface area contributed by atoms with Crippen molar-refractivity contribution in [3.05, 3.63) is 41.3 Å². The molecule has 3 heterocycles. The van der Waals surface area contributed by atoms with Crippen LogP contribution in [0.25, 0.3) is 10.7 Å². The van der Waals surface area contributed by atoms with Gasteiger partial charge in [0.15, 0.2) is 11.5 Å². The third kappa shape index (κ3) is 5.81. The summed E-state index contributed by atoms with van der Waals surface area (Å²) in [7, 11) is 3.33. The summed E-state index contributed by atoms with van der Waals surface area (Å²) >= 11 is 1.63. The molecule has 1 atom stereocenters. The van der Waals surface area contributed by atoms with Gasteiger partial charge in [-0.25, -0.2) is 0 Å². The van der Waals surface area contributed by atoms with Crippen LogP contribution < -0.4 is 9.47 Å². The number of rotatable bonds is 10. The molecule has 3 aromatic rings. The third-order valence-electron chi connectivity index (χ3n) is 5.40. The lowest BCUT2D eigenvalue weighted by atomic mass is 9.97. The number of tetrazole rings is 1. The van der Waals surface area contributed by atoms with Crippen LogP contribution >= 0.6 is 11.3 Å². The maximum Gasteiger partial charge on any atom is 0.214 e. The van der Waals surface area contributed by atoms with Crippen molar-refractivity contribution in [3.63, 3.8) is 0 Å². The van der Waals surface area contributed by atoms with E-state index >= 15 is 0 Å². The summed E-state index contributed by atoms with van der Waals surface area (Å²) < 4.78 is 16.4. The fraction of sp³-hybridized carbons (Fsp3) is 0.500. The SMILES string of the molecule is COCCOc1cc(CN2CCC[C@@H](Cn3nnc(-c4cccs4)n3)C2)ccc1OC. The van der Waals surface area contributed by atoms with Gasteiger partial charge in [-0.1, -0.05) is 12.1 Å². The Bertz CT molecular complexity index is 947. The van der Waals surface area contributed by atoms with Crippen LogP contribution in [-0.2, 0) is 17.8 Å². The largest absolute Gasteiger partial charge is 0.493 e. The van der Waals surface area contributed by atoms with Gasteiger partial charge in [0.1, 0.15) is 6.61 Å². The quantitative estimate of drug-likeness (QED) is 0.445. The lowest BCUT2D eigenvalue weighted by Crippen LogP contribution is -2.36. The van der Waals surface area contributed by atoms with E-state index in [0.29, 0.717) is 25.0 Å². The van der Waals surface area contributed by atoms with E-state index in [-0.39, 0.29) is 0 Å². The normalized spacial score (nSPS) is 17.0. The van der Waals surface area contributed by atoms with Gasteiger partial charge < -0.3 is 14.2 Å². The second-order valence-electron chi connectivity index (χ2n) is 7.72. The van der Waals surface area contributed by atoms with Gasteiger partial charge in [0.2, 0.25) is 5.82 Å². The first kappa shape index (κ1) is 21.7. The molecule has 0 aliphatic carbocycles. The number of hydrogen-bond donors (Lipinski definition) is 0. The smallest absolute Gasteiger partial charge is 0.214 e. The van der Waals surface area contributed by atoms with Crippen molar-refractivity contribution in [1.29, 1.82) is 0 Å². The summed E-state index contributed by atoms with van der Waals surface area (Å²) in [6.45, 7) is 4.83. The lowest BCUT2D eigenvalue weighted by Gasteiger charge is -2.32. The van der Waals surface area contributed by atoms with Gasteiger partial charge in [0.05, 0.1) is 25.1 Å². The summed E-state index contributed by atoms with van der Waals surface area (Å²) in [5, 5.41) is 15.1. The first-order chi connectivity index (χ1) is 15.2. The molecule has 9 heteroatoms. The molecule has 0 bridgehead atoms. The Hall–Kier alpha value is -2.49. The Morgan fingerprint density at radius 3 is 2.90 bits per heavy atom. The van der Waals surface area contributed by atoms with Crippen LogP contribution in [0.15, 0.2) is 35.7 Å². The van der Waals surface area contributed by atoms with E-state index in [2.05, 4.69) is 32.4 Å². The number of aromatic nitrogens is 4. The molecule has 2 aromatic heterocycles. The van der Waals surface area contributed by atoms with E-state index in [1.165, 1.54) is 18.4 Å². The molecule has 1 fully saturated rings. The van der Waals surface area contributed by atoms with Crippen LogP contribution in [0.2, 0.25) is 0 Å². The van der Waals surface area contributed by atoms with Gasteiger partial charge in [0, 0.05) is 20.2 Å². The molecule has 1 aliphatic heterocycles. The summed E-state index contributed by atoms with van der Waals surface area (Å²) in [5.74, 6) is 2.73. The minimum atomic E-state index is 0.500. The average molecular weight is 444 g/mol. The van der Waals surface area contributed by atoms with E-state index in [1.807, 2.05) is 23.6 Å². The van der Waals surface area contributed by atoms with E-state index in [1.54, 1.807) is 30.4 Å². The second kappa shape index (κ2) is 10.7. The van der Waals surface area contributed by atoms with Crippen LogP contribution in [0.3, 0.4) is 0 Å². The molecule has 1 saturated heterocycles. The molecule has 31 heavy (non-hydrogen) atoms. The monoisotopic (exact) mass is 443 g/mol. The molecule has 4 rings (SSSR count). The predicted octanol–water partition coefficient (Wildman–Crippen LogP) is 3.35. The third-order valence-corrected chi connectivity index (χ3v) is 6.26. The molecular weight excluding hydrogens is 414 g/mol. The van der Waals surface area contributed by atoms with Crippen molar-refractivity contribution >= 4 is 11.3 Å². The molecular formula is C22H29N5O3S. The molecule has 0 unspecified atom stereocenters. The fourth-order valence-electron chi connectivity index (χ4n) is 3.93. The second-order valence-corrected chi connectivity index (χ2v) is 8.66. The Morgan fingerprint density at radius 1 is 1.16 bits per heavy atom. The Balaban J connectivity index is 1.35. The summed E-state index contributed by atoms with van der Waals surface area (Å²) in [4.78, 5) is 5.30. The van der Waals surface area contributed by atoms with Crippen LogP contribution in [0, 0.1) is 5.92 Å². The minimum Gasteiger partial charge on any atom is -0.493 e. The fourth-order valence-corrected chi connectivity index (χ4v) is 4.57. The average Bonchev–Trinajstić information content (AvgIpc) is 3.47. The van der Waals surface area contributed by atoms with Crippen molar-refractivity contribution in [2.24, 2.45) is 5.92 Å². The Labute approximate surface area is 186 Å². The zero-order valence-corrected chi connectivity index (χ0v) is 18.9. The number of piperidine rings is 1. The zero-order chi connectivity index (χ0) is 21.5. The summed E-state index contributed by atoms with van der Waals surface area (Å²) in [6, 6.07) is 10.2. The number of nitrogens with zero attached hydrogens (tertiary/aromatic N) is 5. The zero-order valence-electron chi connectivity index (χ0n) is 18.1. The van der Waals surface area contributed by atoms with Crippen molar-refractivity contribution in [3.8, 4) is 22.2 Å². The maximum atomic E-state index is 5.84. The van der Waals surface area contributed by atoms with Crippen molar-refractivity contribution in [2.45, 2.75) is 25.9 Å². The molecule has 0 N–H and O–H groups in total. The van der Waals surface area contributed by atoms with Crippen molar-refractivity contribution in [1.82, 2.24) is 25.1 Å². The highest BCUT2D eigenvalue weighted by Crippen LogP contribution is 2.29. The predicted molar refractivity (Wildman–Crippen MR) is 119 cm³/mol. The van der Waals surface area contributed by atoms with Gasteiger partial charge in [-0.05, 0) is 59.7 Å². The lowest BCUT2D eigenvalue weighted by molar-refractivity contribution is 0.142. The standard InChI is InChI=1S/C22H29N5O3S/c1-28-10-11-30-20-13-17(7-8-19(20)29-2)14-26-9-3-5-18(15-26)16-27-24-22(23-25-27)21-6-4-12-31-21/h4,6-8,12-13,18H,3,5,9-11,14-16H2,1-2H3/t18-/m1/s1. The van der Waals surface area contributed by atoms with Crippen LogP contribution in [0.4, 0.5) is 0 Å². The first-order valence-electron chi connectivity index (χ1n) is 10.6.